The first-order valence-electron chi connectivity index (χ1n) is 5.36. The molecule has 0 aromatic rings. The third-order valence-electron chi connectivity index (χ3n) is 1.000. The lowest BCUT2D eigenvalue weighted by Crippen LogP contribution is -2.09. The summed E-state index contributed by atoms with van der Waals surface area (Å²) >= 11 is 0. The fourth-order valence-corrected chi connectivity index (χ4v) is 0.500. The van der Waals surface area contributed by atoms with E-state index < -0.39 is 0 Å². The smallest absolute Gasteiger partial charge is 0.00775 e. The van der Waals surface area contributed by atoms with Gasteiger partial charge in [-0.2, -0.15) is 0 Å². The van der Waals surface area contributed by atoms with E-state index in [4.69, 9.17) is 5.73 Å². The number of rotatable bonds is 4. The summed E-state index contributed by atoms with van der Waals surface area (Å²) in [6, 6.07) is 0. The first-order chi connectivity index (χ1) is 6.24. The van der Waals surface area contributed by atoms with Crippen LogP contribution >= 0.6 is 0 Å². The normalized spacial score (nSPS) is 7.85. The van der Waals surface area contributed by atoms with E-state index >= 15 is 0 Å². The maximum Gasteiger partial charge on any atom is -0.00775 e. The molecule has 0 aliphatic heterocycles. The Kier molecular flexibility index (Phi) is 42.6. The van der Waals surface area contributed by atoms with Crippen molar-refractivity contribution in [2.45, 2.75) is 34.6 Å². The molecule has 0 amide bonds. The summed E-state index contributed by atoms with van der Waals surface area (Å²) in [7, 11) is 0. The van der Waals surface area contributed by atoms with Gasteiger partial charge in [-0.25, -0.2) is 0 Å². The summed E-state index contributed by atoms with van der Waals surface area (Å²) in [6.07, 6.45) is 0. The molecule has 0 radical (unpaired) electrons. The first-order valence-corrected chi connectivity index (χ1v) is 5.36. The molecule has 0 heterocycles. The van der Waals surface area contributed by atoms with Crippen molar-refractivity contribution < 1.29 is 0 Å². The van der Waals surface area contributed by atoms with E-state index in [1.165, 1.54) is 0 Å². The SMILES string of the molecule is CCN.CCNCC.CCNCC. The lowest BCUT2D eigenvalue weighted by Gasteiger charge is -1.86. The summed E-state index contributed by atoms with van der Waals surface area (Å²) in [5.41, 5.74) is 4.85. The molecule has 3 nitrogen and oxygen atoms in total. The molecule has 84 valence electrons. The van der Waals surface area contributed by atoms with Gasteiger partial charge in [0.05, 0.1) is 0 Å². The van der Waals surface area contributed by atoms with Crippen molar-refractivity contribution in [1.29, 1.82) is 0 Å². The largest absolute Gasteiger partial charge is 0.331 e. The Hall–Kier alpha value is -0.120. The molecule has 0 saturated carbocycles. The molecule has 0 atom stereocenters. The van der Waals surface area contributed by atoms with Gasteiger partial charge in [0.1, 0.15) is 0 Å². The Morgan fingerprint density at radius 1 is 0.692 bits per heavy atom. The Morgan fingerprint density at radius 2 is 0.846 bits per heavy atom. The summed E-state index contributed by atoms with van der Waals surface area (Å²) in [4.78, 5) is 0. The minimum Gasteiger partial charge on any atom is -0.331 e. The van der Waals surface area contributed by atoms with E-state index in [0.717, 1.165) is 32.7 Å². The predicted molar refractivity (Wildman–Crippen MR) is 63.2 cm³/mol. The zero-order valence-corrected chi connectivity index (χ0v) is 10.1. The van der Waals surface area contributed by atoms with Crippen molar-refractivity contribution in [3.05, 3.63) is 0 Å². The second-order valence-corrected chi connectivity index (χ2v) is 2.32. The number of nitrogens with two attached hydrogens (primary N) is 1. The third-order valence-corrected chi connectivity index (χ3v) is 1.000. The number of hydrogen-bond donors (Lipinski definition) is 3. The summed E-state index contributed by atoms with van der Waals surface area (Å²) < 4.78 is 0. The van der Waals surface area contributed by atoms with E-state index in [2.05, 4.69) is 38.3 Å². The first kappa shape index (κ1) is 18.6. The quantitative estimate of drug-likeness (QED) is 0.626. The van der Waals surface area contributed by atoms with Gasteiger partial charge in [0.15, 0.2) is 0 Å². The van der Waals surface area contributed by atoms with Crippen LogP contribution in [0.3, 0.4) is 0 Å². The zero-order valence-electron chi connectivity index (χ0n) is 10.1. The maximum atomic E-state index is 4.85. The van der Waals surface area contributed by atoms with Crippen LogP contribution in [0.5, 0.6) is 0 Å². The molecule has 0 aliphatic carbocycles. The van der Waals surface area contributed by atoms with Crippen LogP contribution in [-0.2, 0) is 0 Å². The van der Waals surface area contributed by atoms with Gasteiger partial charge >= 0.3 is 0 Å². The van der Waals surface area contributed by atoms with Crippen molar-refractivity contribution in [1.82, 2.24) is 10.6 Å². The highest BCUT2D eigenvalue weighted by molar-refractivity contribution is 4.28. The second-order valence-electron chi connectivity index (χ2n) is 2.32. The van der Waals surface area contributed by atoms with Crippen molar-refractivity contribution in [2.75, 3.05) is 32.7 Å². The molecule has 0 aromatic heterocycles. The predicted octanol–water partition coefficient (Wildman–Crippen LogP) is 1.20. The lowest BCUT2D eigenvalue weighted by atomic mass is 10.7. The van der Waals surface area contributed by atoms with Crippen LogP contribution in [0.2, 0.25) is 0 Å². The van der Waals surface area contributed by atoms with Crippen LogP contribution in [0.4, 0.5) is 0 Å². The van der Waals surface area contributed by atoms with Gasteiger partial charge in [-0.05, 0) is 32.7 Å². The molecule has 13 heavy (non-hydrogen) atoms. The molecule has 0 aliphatic rings. The molecular formula is C10H29N3. The Bertz CT molecular complexity index is 39.4. The van der Waals surface area contributed by atoms with Gasteiger partial charge in [0.2, 0.25) is 0 Å². The Balaban J connectivity index is -0.000000120. The molecule has 3 heteroatoms. The van der Waals surface area contributed by atoms with Crippen LogP contribution in [0, 0.1) is 0 Å². The Morgan fingerprint density at radius 3 is 0.846 bits per heavy atom. The van der Waals surface area contributed by atoms with Gasteiger partial charge in [0, 0.05) is 0 Å². The van der Waals surface area contributed by atoms with Crippen molar-refractivity contribution >= 4 is 0 Å². The highest BCUT2D eigenvalue weighted by Crippen LogP contribution is 1.48. The van der Waals surface area contributed by atoms with Gasteiger partial charge < -0.3 is 16.4 Å². The molecule has 0 rings (SSSR count). The molecule has 4 N–H and O–H groups in total. The Labute approximate surface area is 84.5 Å². The van der Waals surface area contributed by atoms with Gasteiger partial charge in [-0.3, -0.25) is 0 Å². The van der Waals surface area contributed by atoms with Crippen molar-refractivity contribution in [3.8, 4) is 0 Å². The minimum absolute atomic E-state index is 0.750. The zero-order chi connectivity index (χ0) is 10.9. The molecule has 0 spiro atoms. The number of nitrogens with one attached hydrogen (secondary N) is 2. The summed E-state index contributed by atoms with van der Waals surface area (Å²) in [5.74, 6) is 0. The standard InChI is InChI=1S/2C4H11N.C2H7N/c2*1-3-5-4-2;1-2-3/h2*5H,3-4H2,1-2H3;2-3H2,1H3. The molecule has 0 aromatic carbocycles. The van der Waals surface area contributed by atoms with Gasteiger partial charge in [-0.1, -0.05) is 34.6 Å². The van der Waals surface area contributed by atoms with E-state index in [9.17, 15) is 0 Å². The summed E-state index contributed by atoms with van der Waals surface area (Å²) in [5, 5.41) is 6.22. The maximum absolute atomic E-state index is 4.85. The monoisotopic (exact) mass is 191 g/mol. The molecule has 0 bridgehead atoms. The van der Waals surface area contributed by atoms with Crippen LogP contribution in [0.1, 0.15) is 34.6 Å². The van der Waals surface area contributed by atoms with Gasteiger partial charge in [0.25, 0.3) is 0 Å². The topological polar surface area (TPSA) is 50.1 Å². The fourth-order valence-electron chi connectivity index (χ4n) is 0.500. The van der Waals surface area contributed by atoms with Gasteiger partial charge in [-0.15, -0.1) is 0 Å². The lowest BCUT2D eigenvalue weighted by molar-refractivity contribution is 0.762. The highest BCUT2D eigenvalue weighted by atomic mass is 14.8. The average molecular weight is 191 g/mol. The number of hydrogen-bond acceptors (Lipinski definition) is 3. The van der Waals surface area contributed by atoms with Crippen molar-refractivity contribution in [3.63, 3.8) is 0 Å². The third kappa shape index (κ3) is 77.0. The summed E-state index contributed by atoms with van der Waals surface area (Å²) in [6.45, 7) is 15.4. The van der Waals surface area contributed by atoms with Crippen LogP contribution in [0.15, 0.2) is 0 Å². The van der Waals surface area contributed by atoms with Crippen LogP contribution in [-0.4, -0.2) is 32.7 Å². The van der Waals surface area contributed by atoms with Crippen molar-refractivity contribution in [2.24, 2.45) is 5.73 Å². The fraction of sp³-hybridized carbons (Fsp3) is 1.00. The second kappa shape index (κ2) is 29.7. The molecular weight excluding hydrogens is 162 g/mol. The molecule has 0 fully saturated rings. The van der Waals surface area contributed by atoms with E-state index in [1.807, 2.05) is 6.92 Å². The average Bonchev–Trinajstić information content (AvgIpc) is 2.09. The minimum atomic E-state index is 0.750. The molecule has 0 saturated heterocycles. The van der Waals surface area contributed by atoms with Crippen LogP contribution < -0.4 is 16.4 Å². The van der Waals surface area contributed by atoms with E-state index in [-0.39, 0.29) is 0 Å². The van der Waals surface area contributed by atoms with E-state index in [0.29, 0.717) is 0 Å². The van der Waals surface area contributed by atoms with Crippen LogP contribution in [0.25, 0.3) is 0 Å². The van der Waals surface area contributed by atoms with E-state index in [1.54, 1.807) is 0 Å². The molecule has 0 unspecified atom stereocenters. The highest BCUT2D eigenvalue weighted by Gasteiger charge is 1.63.